The molecule has 8 nitrogen and oxygen atoms in total. The first kappa shape index (κ1) is 19.7. The molecular weight excluding hydrogens is 398 g/mol. The van der Waals surface area contributed by atoms with Crippen molar-refractivity contribution in [1.29, 1.82) is 0 Å². The van der Waals surface area contributed by atoms with E-state index in [0.717, 1.165) is 50.1 Å². The van der Waals surface area contributed by atoms with Gasteiger partial charge in [-0.05, 0) is 55.5 Å². The Bertz CT molecular complexity index is 1020. The number of benzene rings is 2. The van der Waals surface area contributed by atoms with E-state index in [-0.39, 0.29) is 22.6 Å². The fraction of sp³-hybridized carbons (Fsp3) is 0.435. The summed E-state index contributed by atoms with van der Waals surface area (Å²) in [5, 5.41) is 11.7. The summed E-state index contributed by atoms with van der Waals surface area (Å²) in [6.45, 7) is 3.29. The van der Waals surface area contributed by atoms with Gasteiger partial charge in [0.25, 0.3) is 11.6 Å². The zero-order chi connectivity index (χ0) is 21.4. The molecule has 0 saturated carbocycles. The zero-order valence-corrected chi connectivity index (χ0v) is 17.3. The molecule has 5 rings (SSSR count). The summed E-state index contributed by atoms with van der Waals surface area (Å²) in [6, 6.07) is 10.6. The molecule has 2 fully saturated rings. The van der Waals surface area contributed by atoms with E-state index in [4.69, 9.17) is 9.47 Å². The SMILES string of the molecule is O=C(c1ccc(N2CCCC2)c([N+](=O)[O-])c1)N1CCCC1c1ccc2c(c1)OCCO2. The Morgan fingerprint density at radius 2 is 1.74 bits per heavy atom. The molecule has 2 aromatic rings. The number of carbonyl (C=O) groups excluding carboxylic acids is 1. The predicted octanol–water partition coefficient (Wildman–Crippen LogP) is 3.94. The largest absolute Gasteiger partial charge is 0.486 e. The summed E-state index contributed by atoms with van der Waals surface area (Å²) in [4.78, 5) is 28.6. The second kappa shape index (κ2) is 8.09. The average molecular weight is 423 g/mol. The zero-order valence-electron chi connectivity index (χ0n) is 17.3. The van der Waals surface area contributed by atoms with Crippen LogP contribution in [0.3, 0.4) is 0 Å². The maximum absolute atomic E-state index is 13.4. The van der Waals surface area contributed by atoms with Gasteiger partial charge < -0.3 is 19.3 Å². The quantitative estimate of drug-likeness (QED) is 0.547. The standard InChI is InChI=1S/C23H25N3O5/c27-23(17-5-7-19(20(14-17)26(28)29)24-9-1-2-10-24)25-11-3-4-18(25)16-6-8-21-22(15-16)31-13-12-30-21/h5-8,14-15,18H,1-4,9-13H2. The molecule has 8 heteroatoms. The molecule has 31 heavy (non-hydrogen) atoms. The Labute approximate surface area is 180 Å². The topological polar surface area (TPSA) is 85.2 Å². The fourth-order valence-corrected chi connectivity index (χ4v) is 4.82. The van der Waals surface area contributed by atoms with E-state index in [0.29, 0.717) is 36.8 Å². The van der Waals surface area contributed by atoms with E-state index < -0.39 is 0 Å². The highest BCUT2D eigenvalue weighted by atomic mass is 16.6. The second-order valence-corrected chi connectivity index (χ2v) is 8.21. The average Bonchev–Trinajstić information content (AvgIpc) is 3.50. The van der Waals surface area contributed by atoms with Crippen molar-refractivity contribution in [3.05, 3.63) is 57.6 Å². The normalized spacial score (nSPS) is 20.2. The minimum absolute atomic E-state index is 0.00262. The lowest BCUT2D eigenvalue weighted by Crippen LogP contribution is -2.31. The number of hydrogen-bond donors (Lipinski definition) is 0. The van der Waals surface area contributed by atoms with Gasteiger partial charge >= 0.3 is 0 Å². The second-order valence-electron chi connectivity index (χ2n) is 8.21. The monoisotopic (exact) mass is 423 g/mol. The van der Waals surface area contributed by atoms with Gasteiger partial charge in [0.1, 0.15) is 18.9 Å². The summed E-state index contributed by atoms with van der Waals surface area (Å²) in [5.41, 5.74) is 1.96. The molecule has 162 valence electrons. The number of nitrogens with zero attached hydrogens (tertiary/aromatic N) is 3. The molecule has 0 spiro atoms. The van der Waals surface area contributed by atoms with E-state index in [9.17, 15) is 14.9 Å². The number of carbonyl (C=O) groups is 1. The molecule has 1 atom stereocenters. The summed E-state index contributed by atoms with van der Waals surface area (Å²) < 4.78 is 11.3. The van der Waals surface area contributed by atoms with Crippen LogP contribution in [0, 0.1) is 10.1 Å². The van der Waals surface area contributed by atoms with Crippen LogP contribution in [-0.4, -0.2) is 48.6 Å². The molecule has 2 aromatic carbocycles. The van der Waals surface area contributed by atoms with Gasteiger partial charge in [-0.15, -0.1) is 0 Å². The van der Waals surface area contributed by atoms with Crippen LogP contribution in [0.5, 0.6) is 11.5 Å². The van der Waals surface area contributed by atoms with Crippen molar-refractivity contribution in [3.63, 3.8) is 0 Å². The highest BCUT2D eigenvalue weighted by molar-refractivity contribution is 5.96. The molecule has 1 unspecified atom stereocenters. The van der Waals surface area contributed by atoms with Crippen molar-refractivity contribution in [3.8, 4) is 11.5 Å². The van der Waals surface area contributed by atoms with Gasteiger partial charge in [-0.25, -0.2) is 0 Å². The molecule has 3 heterocycles. The summed E-state index contributed by atoms with van der Waals surface area (Å²) in [7, 11) is 0. The molecule has 1 amide bonds. The van der Waals surface area contributed by atoms with Gasteiger partial charge in [0.05, 0.1) is 11.0 Å². The van der Waals surface area contributed by atoms with Crippen molar-refractivity contribution in [1.82, 2.24) is 4.90 Å². The molecule has 3 aliphatic heterocycles. The van der Waals surface area contributed by atoms with Crippen LogP contribution in [-0.2, 0) is 0 Å². The van der Waals surface area contributed by atoms with Crippen LogP contribution >= 0.6 is 0 Å². The van der Waals surface area contributed by atoms with Gasteiger partial charge in [0.15, 0.2) is 11.5 Å². The Morgan fingerprint density at radius 3 is 2.52 bits per heavy atom. The van der Waals surface area contributed by atoms with Gasteiger partial charge in [0.2, 0.25) is 0 Å². The highest BCUT2D eigenvalue weighted by Gasteiger charge is 2.33. The van der Waals surface area contributed by atoms with Crippen molar-refractivity contribution in [2.45, 2.75) is 31.7 Å². The Morgan fingerprint density at radius 1 is 0.968 bits per heavy atom. The molecule has 0 aromatic heterocycles. The predicted molar refractivity (Wildman–Crippen MR) is 115 cm³/mol. The summed E-state index contributed by atoms with van der Waals surface area (Å²) >= 11 is 0. The van der Waals surface area contributed by atoms with Crippen molar-refractivity contribution < 1.29 is 19.2 Å². The van der Waals surface area contributed by atoms with Gasteiger partial charge in [0, 0.05) is 31.3 Å². The van der Waals surface area contributed by atoms with E-state index in [1.807, 2.05) is 28.0 Å². The van der Waals surface area contributed by atoms with Crippen molar-refractivity contribution in [2.75, 3.05) is 37.7 Å². The maximum Gasteiger partial charge on any atom is 0.293 e. The number of ether oxygens (including phenoxy) is 2. The minimum atomic E-state index is -0.382. The third kappa shape index (κ3) is 3.66. The summed E-state index contributed by atoms with van der Waals surface area (Å²) in [5.74, 6) is 1.25. The summed E-state index contributed by atoms with van der Waals surface area (Å²) in [6.07, 6.45) is 3.80. The van der Waals surface area contributed by atoms with Gasteiger partial charge in [-0.1, -0.05) is 6.07 Å². The fourth-order valence-electron chi connectivity index (χ4n) is 4.82. The minimum Gasteiger partial charge on any atom is -0.486 e. The first-order valence-corrected chi connectivity index (χ1v) is 10.9. The third-order valence-electron chi connectivity index (χ3n) is 6.33. The number of likely N-dealkylation sites (tertiary alicyclic amines) is 1. The number of anilines is 1. The Balaban J connectivity index is 1.42. The number of hydrogen-bond acceptors (Lipinski definition) is 6. The Kier molecular flexibility index (Phi) is 5.13. The van der Waals surface area contributed by atoms with Crippen LogP contribution in [0.4, 0.5) is 11.4 Å². The number of fused-ring (bicyclic) bond motifs is 1. The Hall–Kier alpha value is -3.29. The molecule has 2 saturated heterocycles. The van der Waals surface area contributed by atoms with Crippen LogP contribution in [0.1, 0.15) is 47.6 Å². The van der Waals surface area contributed by atoms with E-state index in [2.05, 4.69) is 0 Å². The van der Waals surface area contributed by atoms with Crippen LogP contribution in [0.2, 0.25) is 0 Å². The molecular formula is C23H25N3O5. The van der Waals surface area contributed by atoms with Crippen LogP contribution in [0.15, 0.2) is 36.4 Å². The first-order valence-electron chi connectivity index (χ1n) is 10.9. The molecule has 0 radical (unpaired) electrons. The molecule has 0 N–H and O–H groups in total. The molecule has 0 bridgehead atoms. The van der Waals surface area contributed by atoms with Crippen LogP contribution < -0.4 is 14.4 Å². The van der Waals surface area contributed by atoms with Crippen LogP contribution in [0.25, 0.3) is 0 Å². The number of rotatable bonds is 4. The van der Waals surface area contributed by atoms with Gasteiger partial charge in [-0.3, -0.25) is 14.9 Å². The molecule has 0 aliphatic carbocycles. The first-order chi connectivity index (χ1) is 15.1. The number of nitro groups is 1. The van der Waals surface area contributed by atoms with E-state index in [1.54, 1.807) is 12.1 Å². The van der Waals surface area contributed by atoms with Gasteiger partial charge in [-0.2, -0.15) is 0 Å². The lowest BCUT2D eigenvalue weighted by molar-refractivity contribution is -0.384. The number of amides is 1. The van der Waals surface area contributed by atoms with E-state index in [1.165, 1.54) is 6.07 Å². The third-order valence-corrected chi connectivity index (χ3v) is 6.33. The lowest BCUT2D eigenvalue weighted by atomic mass is 10.0. The molecule has 3 aliphatic rings. The maximum atomic E-state index is 13.4. The van der Waals surface area contributed by atoms with E-state index >= 15 is 0 Å². The smallest absolute Gasteiger partial charge is 0.293 e. The lowest BCUT2D eigenvalue weighted by Gasteiger charge is -2.27. The van der Waals surface area contributed by atoms with Crippen molar-refractivity contribution in [2.24, 2.45) is 0 Å². The number of nitro benzene ring substituents is 1. The van der Waals surface area contributed by atoms with Crippen molar-refractivity contribution >= 4 is 17.3 Å². The highest BCUT2D eigenvalue weighted by Crippen LogP contribution is 2.39.